The molecule has 0 unspecified atom stereocenters. The van der Waals surface area contributed by atoms with Gasteiger partial charge in [0.05, 0.1) is 18.2 Å². The maximum atomic E-state index is 13.8. The van der Waals surface area contributed by atoms with E-state index in [9.17, 15) is 22.8 Å². The van der Waals surface area contributed by atoms with Crippen molar-refractivity contribution in [2.75, 3.05) is 19.0 Å². The average molecular weight is 513 g/mol. The monoisotopic (exact) mass is 513 g/mol. The molecule has 4 rings (SSSR count). The van der Waals surface area contributed by atoms with Crippen molar-refractivity contribution >= 4 is 22.6 Å². The van der Waals surface area contributed by atoms with E-state index in [0.29, 0.717) is 11.4 Å². The summed E-state index contributed by atoms with van der Waals surface area (Å²) in [5.41, 5.74) is 0.575. The van der Waals surface area contributed by atoms with Crippen LogP contribution in [0.1, 0.15) is 16.9 Å². The summed E-state index contributed by atoms with van der Waals surface area (Å²) in [6.45, 7) is 3.06. The largest absolute Gasteiger partial charge is 0.495 e. The third-order valence-corrected chi connectivity index (χ3v) is 5.25. The summed E-state index contributed by atoms with van der Waals surface area (Å²) in [4.78, 5) is 25.3. The van der Waals surface area contributed by atoms with Gasteiger partial charge in [-0.1, -0.05) is 18.2 Å². The third-order valence-electron chi connectivity index (χ3n) is 5.25. The summed E-state index contributed by atoms with van der Waals surface area (Å²) in [5, 5.41) is 2.48. The minimum atomic E-state index is -5.01. The quantitative estimate of drug-likeness (QED) is 0.315. The van der Waals surface area contributed by atoms with E-state index in [1.807, 2.05) is 6.07 Å². The fraction of sp³-hybridized carbons (Fsp3) is 0.185. The highest BCUT2D eigenvalue weighted by Gasteiger charge is 2.40. The summed E-state index contributed by atoms with van der Waals surface area (Å²) >= 11 is 0. The van der Waals surface area contributed by atoms with Crippen molar-refractivity contribution in [1.29, 1.82) is 0 Å². The molecule has 0 spiro atoms. The number of halogens is 3. The Morgan fingerprint density at radius 2 is 1.68 bits per heavy atom. The first-order chi connectivity index (χ1) is 17.5. The molecular formula is C27H22F3NO6. The smallest absolute Gasteiger partial charge is 0.453 e. The first-order valence-electron chi connectivity index (χ1n) is 11.0. The summed E-state index contributed by atoms with van der Waals surface area (Å²) in [6, 6.07) is 15.3. The predicted molar refractivity (Wildman–Crippen MR) is 131 cm³/mol. The molecule has 0 aliphatic heterocycles. The molecule has 0 saturated carbocycles. The van der Waals surface area contributed by atoms with Gasteiger partial charge in [0.1, 0.15) is 22.8 Å². The number of methoxy groups -OCH3 is 1. The molecule has 1 aromatic heterocycles. The second-order valence-corrected chi connectivity index (χ2v) is 8.21. The van der Waals surface area contributed by atoms with Gasteiger partial charge in [0.15, 0.2) is 6.61 Å². The van der Waals surface area contributed by atoms with E-state index < -0.39 is 35.6 Å². The predicted octanol–water partition coefficient (Wildman–Crippen LogP) is 6.25. The summed E-state index contributed by atoms with van der Waals surface area (Å²) < 4.78 is 62.6. The van der Waals surface area contributed by atoms with Crippen molar-refractivity contribution in [3.05, 3.63) is 87.8 Å². The van der Waals surface area contributed by atoms with Gasteiger partial charge in [-0.3, -0.25) is 9.59 Å². The number of fused-ring (bicyclic) bond motifs is 1. The second kappa shape index (κ2) is 10.3. The Morgan fingerprint density at radius 3 is 2.35 bits per heavy atom. The summed E-state index contributed by atoms with van der Waals surface area (Å²) in [6.07, 6.45) is -5.01. The third kappa shape index (κ3) is 5.85. The van der Waals surface area contributed by atoms with Crippen LogP contribution in [0.25, 0.3) is 11.0 Å². The molecule has 1 N–H and O–H groups in total. The first-order valence-corrected chi connectivity index (χ1v) is 11.0. The second-order valence-electron chi connectivity index (χ2n) is 8.21. The van der Waals surface area contributed by atoms with Gasteiger partial charge >= 0.3 is 6.18 Å². The number of amides is 1. The van der Waals surface area contributed by atoms with Crippen LogP contribution in [0.3, 0.4) is 0 Å². The molecule has 3 aromatic carbocycles. The number of anilines is 1. The van der Waals surface area contributed by atoms with E-state index in [0.717, 1.165) is 17.2 Å². The number of hydrogen-bond donors (Lipinski definition) is 1. The van der Waals surface area contributed by atoms with Gasteiger partial charge < -0.3 is 23.9 Å². The average Bonchev–Trinajstić information content (AvgIpc) is 2.83. The van der Waals surface area contributed by atoms with Crippen molar-refractivity contribution in [2.45, 2.75) is 20.0 Å². The molecule has 0 aliphatic rings. The fourth-order valence-corrected chi connectivity index (χ4v) is 3.72. The van der Waals surface area contributed by atoms with Gasteiger partial charge in [-0.25, -0.2) is 0 Å². The Bertz CT molecular complexity index is 1510. The zero-order valence-electron chi connectivity index (χ0n) is 20.1. The molecule has 192 valence electrons. The maximum Gasteiger partial charge on any atom is 0.453 e. The fourth-order valence-electron chi connectivity index (χ4n) is 3.72. The number of carbonyl (C=O) groups is 1. The van der Waals surface area contributed by atoms with Crippen LogP contribution in [0, 0.1) is 13.8 Å². The van der Waals surface area contributed by atoms with E-state index in [1.54, 1.807) is 38.1 Å². The first kappa shape index (κ1) is 25.6. The van der Waals surface area contributed by atoms with E-state index in [4.69, 9.17) is 18.6 Å². The normalized spacial score (nSPS) is 11.3. The highest BCUT2D eigenvalue weighted by molar-refractivity contribution is 5.93. The summed E-state index contributed by atoms with van der Waals surface area (Å²) in [5.74, 6) is -2.51. The lowest BCUT2D eigenvalue weighted by atomic mass is 10.1. The van der Waals surface area contributed by atoms with Gasteiger partial charge in [0, 0.05) is 6.07 Å². The topological polar surface area (TPSA) is 87.0 Å². The number of carbonyl (C=O) groups excluding carboxylic acids is 1. The minimum Gasteiger partial charge on any atom is -0.495 e. The molecule has 1 heterocycles. The number of rotatable bonds is 7. The molecular weight excluding hydrogens is 491 g/mol. The van der Waals surface area contributed by atoms with Gasteiger partial charge in [-0.2, -0.15) is 13.2 Å². The molecule has 0 radical (unpaired) electrons. The van der Waals surface area contributed by atoms with Gasteiger partial charge in [-0.15, -0.1) is 0 Å². The Labute approximate surface area is 209 Å². The minimum absolute atomic E-state index is 0.0296. The lowest BCUT2D eigenvalue weighted by Gasteiger charge is -2.14. The standard InChI is InChI=1S/C27H22F3NO6/c1-15-10-16(2)12-18(11-15)36-25-24(33)19-9-8-17(13-22(19)37-26(25)27(28,29)30)35-14-23(32)31-20-6-4-5-7-21(20)34-3/h4-13H,14H2,1-3H3,(H,31,32). The molecule has 0 bridgehead atoms. The zero-order chi connectivity index (χ0) is 26.7. The van der Waals surface area contributed by atoms with Crippen LogP contribution < -0.4 is 25.0 Å². The van der Waals surface area contributed by atoms with E-state index >= 15 is 0 Å². The number of aryl methyl sites for hydroxylation is 2. The molecule has 4 aromatic rings. The zero-order valence-corrected chi connectivity index (χ0v) is 20.1. The highest BCUT2D eigenvalue weighted by Crippen LogP contribution is 2.39. The van der Waals surface area contributed by atoms with Crippen molar-refractivity contribution < 1.29 is 36.6 Å². The highest BCUT2D eigenvalue weighted by atomic mass is 19.4. The Balaban J connectivity index is 1.61. The van der Waals surface area contributed by atoms with Crippen molar-refractivity contribution in [3.63, 3.8) is 0 Å². The molecule has 0 atom stereocenters. The van der Waals surface area contributed by atoms with E-state index in [1.165, 1.54) is 31.4 Å². The van der Waals surface area contributed by atoms with Crippen molar-refractivity contribution in [3.8, 4) is 23.0 Å². The Kier molecular flexibility index (Phi) is 7.10. The van der Waals surface area contributed by atoms with Gasteiger partial charge in [0.2, 0.25) is 11.2 Å². The lowest BCUT2D eigenvalue weighted by molar-refractivity contribution is -0.154. The Hall–Kier alpha value is -4.47. The molecule has 0 fully saturated rings. The maximum absolute atomic E-state index is 13.8. The molecule has 7 nitrogen and oxygen atoms in total. The number of para-hydroxylation sites is 2. The molecule has 37 heavy (non-hydrogen) atoms. The van der Waals surface area contributed by atoms with Gasteiger partial charge in [0.25, 0.3) is 11.7 Å². The number of hydrogen-bond acceptors (Lipinski definition) is 6. The number of benzene rings is 3. The molecule has 0 aliphatic carbocycles. The van der Waals surface area contributed by atoms with Crippen LogP contribution in [-0.4, -0.2) is 19.6 Å². The number of ether oxygens (including phenoxy) is 3. The van der Waals surface area contributed by atoms with Crippen LogP contribution in [0.5, 0.6) is 23.0 Å². The molecule has 10 heteroatoms. The van der Waals surface area contributed by atoms with Gasteiger partial charge in [-0.05, 0) is 61.4 Å². The number of nitrogens with one attached hydrogen (secondary N) is 1. The van der Waals surface area contributed by atoms with Crippen molar-refractivity contribution in [1.82, 2.24) is 0 Å². The van der Waals surface area contributed by atoms with Crippen LogP contribution in [0.15, 0.2) is 69.9 Å². The van der Waals surface area contributed by atoms with Crippen LogP contribution in [0.2, 0.25) is 0 Å². The SMILES string of the molecule is COc1ccccc1NC(=O)COc1ccc2c(=O)c(Oc3cc(C)cc(C)c3)c(C(F)(F)F)oc2c1. The molecule has 1 amide bonds. The van der Waals surface area contributed by atoms with Crippen LogP contribution in [-0.2, 0) is 11.0 Å². The van der Waals surface area contributed by atoms with E-state index in [2.05, 4.69) is 5.32 Å². The molecule has 0 saturated heterocycles. The lowest BCUT2D eigenvalue weighted by Crippen LogP contribution is -2.20. The number of alkyl halides is 3. The van der Waals surface area contributed by atoms with E-state index in [-0.39, 0.29) is 22.5 Å². The Morgan fingerprint density at radius 1 is 0.973 bits per heavy atom. The van der Waals surface area contributed by atoms with Crippen molar-refractivity contribution in [2.24, 2.45) is 0 Å². The van der Waals surface area contributed by atoms with Crippen LogP contribution in [0.4, 0.5) is 18.9 Å². The van der Waals surface area contributed by atoms with Crippen LogP contribution >= 0.6 is 0 Å². The summed E-state index contributed by atoms with van der Waals surface area (Å²) in [7, 11) is 1.46.